The number of hydrogen-bond acceptors (Lipinski definition) is 5. The number of hydrogen-bond donors (Lipinski definition) is 1. The second-order valence-electron chi connectivity index (χ2n) is 4.99. The predicted octanol–water partition coefficient (Wildman–Crippen LogP) is 4.06. The van der Waals surface area contributed by atoms with E-state index in [1.54, 1.807) is 25.5 Å². The summed E-state index contributed by atoms with van der Waals surface area (Å²) in [5.41, 5.74) is 0.784. The van der Waals surface area contributed by atoms with Gasteiger partial charge in [0, 0.05) is 16.7 Å². The molecular formula is C17H15ClN4O2S. The second kappa shape index (κ2) is 7.96. The van der Waals surface area contributed by atoms with Crippen LogP contribution in [0.3, 0.4) is 0 Å². The number of nitrogens with zero attached hydrogens (tertiary/aromatic N) is 3. The van der Waals surface area contributed by atoms with Gasteiger partial charge in [0.2, 0.25) is 4.77 Å². The summed E-state index contributed by atoms with van der Waals surface area (Å²) in [6.45, 7) is 0.195. The maximum atomic E-state index is 6.13. The Balaban J connectivity index is 1.77. The van der Waals surface area contributed by atoms with Crippen LogP contribution in [0.1, 0.15) is 11.4 Å². The SMILES string of the molecule is COc1cccc(OCc2n[nH]c(=S)n2/N=C\c2ccccc2Cl)c1. The van der Waals surface area contributed by atoms with E-state index in [4.69, 9.17) is 33.3 Å². The number of nitrogens with one attached hydrogen (secondary N) is 1. The Morgan fingerprint density at radius 3 is 2.84 bits per heavy atom. The summed E-state index contributed by atoms with van der Waals surface area (Å²) >= 11 is 11.3. The summed E-state index contributed by atoms with van der Waals surface area (Å²) < 4.78 is 12.8. The van der Waals surface area contributed by atoms with Gasteiger partial charge in [-0.1, -0.05) is 35.9 Å². The van der Waals surface area contributed by atoms with Crippen molar-refractivity contribution in [2.75, 3.05) is 7.11 Å². The van der Waals surface area contributed by atoms with E-state index in [1.165, 1.54) is 4.68 Å². The molecule has 128 valence electrons. The van der Waals surface area contributed by atoms with Crippen molar-refractivity contribution >= 4 is 30.0 Å². The zero-order valence-electron chi connectivity index (χ0n) is 13.3. The standard InChI is InChI=1S/C17H15ClN4O2S/c1-23-13-6-4-7-14(9-13)24-11-16-20-21-17(25)22(16)19-10-12-5-2-3-8-15(12)18/h2-10H,11H2,1H3,(H,21,25)/b19-10-. The molecule has 0 saturated carbocycles. The summed E-state index contributed by atoms with van der Waals surface area (Å²) in [5, 5.41) is 11.8. The number of halogens is 1. The Labute approximate surface area is 154 Å². The van der Waals surface area contributed by atoms with Crippen LogP contribution in [-0.2, 0) is 6.61 Å². The van der Waals surface area contributed by atoms with Gasteiger partial charge in [0.15, 0.2) is 5.82 Å². The molecule has 0 spiro atoms. The first-order valence-corrected chi connectivity index (χ1v) is 8.18. The topological polar surface area (TPSA) is 64.4 Å². The van der Waals surface area contributed by atoms with E-state index in [1.807, 2.05) is 36.4 Å². The van der Waals surface area contributed by atoms with Crippen molar-refractivity contribution in [2.45, 2.75) is 6.61 Å². The average Bonchev–Trinajstić information content (AvgIpc) is 2.99. The van der Waals surface area contributed by atoms with Crippen LogP contribution in [0.2, 0.25) is 5.02 Å². The van der Waals surface area contributed by atoms with E-state index in [2.05, 4.69) is 15.3 Å². The van der Waals surface area contributed by atoms with Gasteiger partial charge in [0.1, 0.15) is 18.1 Å². The fraction of sp³-hybridized carbons (Fsp3) is 0.118. The van der Waals surface area contributed by atoms with Crippen molar-refractivity contribution in [3.05, 3.63) is 69.7 Å². The first kappa shape index (κ1) is 17.2. The molecule has 3 aromatic rings. The van der Waals surface area contributed by atoms with Gasteiger partial charge in [-0.2, -0.15) is 14.9 Å². The molecule has 6 nitrogen and oxygen atoms in total. The summed E-state index contributed by atoms with van der Waals surface area (Å²) in [4.78, 5) is 0. The summed E-state index contributed by atoms with van der Waals surface area (Å²) in [7, 11) is 1.60. The first-order valence-electron chi connectivity index (χ1n) is 7.39. The molecule has 1 heterocycles. The number of methoxy groups -OCH3 is 1. The molecule has 1 N–H and O–H groups in total. The van der Waals surface area contributed by atoms with E-state index in [-0.39, 0.29) is 6.61 Å². The van der Waals surface area contributed by atoms with E-state index < -0.39 is 0 Å². The number of benzene rings is 2. The number of H-pyrrole nitrogens is 1. The number of rotatable bonds is 6. The van der Waals surface area contributed by atoms with Gasteiger partial charge >= 0.3 is 0 Å². The van der Waals surface area contributed by atoms with Crippen LogP contribution in [0, 0.1) is 4.77 Å². The molecule has 0 atom stereocenters. The van der Waals surface area contributed by atoms with E-state index in [0.717, 1.165) is 5.56 Å². The Kier molecular flexibility index (Phi) is 5.47. The predicted molar refractivity (Wildman–Crippen MR) is 99.2 cm³/mol. The first-order chi connectivity index (χ1) is 12.2. The molecule has 25 heavy (non-hydrogen) atoms. The monoisotopic (exact) mass is 374 g/mol. The van der Waals surface area contributed by atoms with Gasteiger partial charge in [-0.05, 0) is 30.4 Å². The minimum atomic E-state index is 0.195. The van der Waals surface area contributed by atoms with Crippen LogP contribution in [-0.4, -0.2) is 28.2 Å². The smallest absolute Gasteiger partial charge is 0.216 e. The minimum absolute atomic E-state index is 0.195. The lowest BCUT2D eigenvalue weighted by atomic mass is 10.2. The third-order valence-electron chi connectivity index (χ3n) is 3.34. The highest BCUT2D eigenvalue weighted by Crippen LogP contribution is 2.19. The maximum absolute atomic E-state index is 6.13. The molecule has 0 radical (unpaired) electrons. The van der Waals surface area contributed by atoms with Crippen LogP contribution in [0.25, 0.3) is 0 Å². The summed E-state index contributed by atoms with van der Waals surface area (Å²) in [5.74, 6) is 1.92. The highest BCUT2D eigenvalue weighted by atomic mass is 35.5. The number of ether oxygens (including phenoxy) is 2. The zero-order valence-corrected chi connectivity index (χ0v) is 14.9. The van der Waals surface area contributed by atoms with Gasteiger partial charge < -0.3 is 9.47 Å². The third kappa shape index (κ3) is 4.26. The molecule has 0 aliphatic rings. The quantitative estimate of drug-likeness (QED) is 0.522. The zero-order chi connectivity index (χ0) is 17.6. The van der Waals surface area contributed by atoms with Gasteiger partial charge in [-0.3, -0.25) is 0 Å². The molecular weight excluding hydrogens is 360 g/mol. The van der Waals surface area contributed by atoms with E-state index in [0.29, 0.717) is 27.1 Å². The molecule has 0 aliphatic carbocycles. The Bertz CT molecular complexity index is 952. The Morgan fingerprint density at radius 1 is 1.24 bits per heavy atom. The highest BCUT2D eigenvalue weighted by Gasteiger charge is 2.07. The average molecular weight is 375 g/mol. The van der Waals surface area contributed by atoms with Crippen LogP contribution in [0.15, 0.2) is 53.6 Å². The third-order valence-corrected chi connectivity index (χ3v) is 3.95. The van der Waals surface area contributed by atoms with Gasteiger partial charge in [0.05, 0.1) is 13.3 Å². The lowest BCUT2D eigenvalue weighted by Gasteiger charge is -2.07. The maximum Gasteiger partial charge on any atom is 0.216 e. The van der Waals surface area contributed by atoms with Gasteiger partial charge in [0.25, 0.3) is 0 Å². The number of aromatic nitrogens is 3. The highest BCUT2D eigenvalue weighted by molar-refractivity contribution is 7.71. The number of aromatic amines is 1. The van der Waals surface area contributed by atoms with Crippen molar-refractivity contribution in [2.24, 2.45) is 5.10 Å². The molecule has 3 rings (SSSR count). The van der Waals surface area contributed by atoms with Crippen molar-refractivity contribution in [3.8, 4) is 11.5 Å². The molecule has 0 unspecified atom stereocenters. The molecule has 0 amide bonds. The van der Waals surface area contributed by atoms with E-state index >= 15 is 0 Å². The van der Waals surface area contributed by atoms with Crippen LogP contribution in [0.5, 0.6) is 11.5 Å². The second-order valence-corrected chi connectivity index (χ2v) is 5.78. The lowest BCUT2D eigenvalue weighted by Crippen LogP contribution is -2.04. The summed E-state index contributed by atoms with van der Waals surface area (Å²) in [6, 6.07) is 14.7. The lowest BCUT2D eigenvalue weighted by molar-refractivity contribution is 0.288. The fourth-order valence-corrected chi connectivity index (χ4v) is 2.46. The Morgan fingerprint density at radius 2 is 2.04 bits per heavy atom. The molecule has 0 fully saturated rings. The largest absolute Gasteiger partial charge is 0.497 e. The van der Waals surface area contributed by atoms with Crippen molar-refractivity contribution in [1.29, 1.82) is 0 Å². The summed E-state index contributed by atoms with van der Waals surface area (Å²) in [6.07, 6.45) is 1.63. The molecule has 2 aromatic carbocycles. The van der Waals surface area contributed by atoms with Gasteiger partial charge in [-0.15, -0.1) is 0 Å². The normalized spacial score (nSPS) is 11.0. The molecule has 0 saturated heterocycles. The van der Waals surface area contributed by atoms with Crippen molar-refractivity contribution in [3.63, 3.8) is 0 Å². The van der Waals surface area contributed by atoms with Gasteiger partial charge in [-0.25, -0.2) is 5.10 Å². The Hall–Kier alpha value is -2.64. The molecule has 0 bridgehead atoms. The van der Waals surface area contributed by atoms with Crippen LogP contribution in [0.4, 0.5) is 0 Å². The minimum Gasteiger partial charge on any atom is -0.497 e. The molecule has 0 aliphatic heterocycles. The molecule has 1 aromatic heterocycles. The fourth-order valence-electron chi connectivity index (χ4n) is 2.08. The van der Waals surface area contributed by atoms with Crippen molar-refractivity contribution in [1.82, 2.24) is 14.9 Å². The van der Waals surface area contributed by atoms with Crippen LogP contribution < -0.4 is 9.47 Å². The van der Waals surface area contributed by atoms with E-state index in [9.17, 15) is 0 Å². The van der Waals surface area contributed by atoms with Crippen LogP contribution >= 0.6 is 23.8 Å². The molecule has 8 heteroatoms. The van der Waals surface area contributed by atoms with Crippen molar-refractivity contribution < 1.29 is 9.47 Å².